The standard InChI is InChI=1S/C40H57NO4/c1-23(2)26-17-20-40(41)22-32-38(8)28(33(26)40)15-16-29-37(7)19-18-27(24-11-13-25(14-12-24)34(42)43-10)35(3,4)30(37)21-31(39(29,38)9)44-36(5,6)45-32/h11-14,18,26,28-33H,1,15-17,19-22,41H2,2-10H3/t26-,28+,29+,30-,31-,32-,33+,37+,38-,39-,40-/m0/s1. The van der Waals surface area contributed by atoms with E-state index in [0.717, 1.165) is 32.1 Å². The number of esters is 1. The van der Waals surface area contributed by atoms with Crippen LogP contribution in [0.15, 0.2) is 42.5 Å². The Balaban J connectivity index is 1.34. The number of hydrogen-bond donors (Lipinski definition) is 1. The molecule has 6 aliphatic rings. The van der Waals surface area contributed by atoms with Crippen molar-refractivity contribution in [2.75, 3.05) is 7.11 Å². The maximum Gasteiger partial charge on any atom is 0.337 e. The molecule has 1 aromatic carbocycles. The van der Waals surface area contributed by atoms with Crippen LogP contribution in [0.5, 0.6) is 0 Å². The summed E-state index contributed by atoms with van der Waals surface area (Å²) >= 11 is 0. The molecule has 45 heavy (non-hydrogen) atoms. The van der Waals surface area contributed by atoms with Crippen LogP contribution in [0.2, 0.25) is 0 Å². The Morgan fingerprint density at radius 2 is 1.60 bits per heavy atom. The molecule has 5 aliphatic carbocycles. The van der Waals surface area contributed by atoms with Gasteiger partial charge in [-0.3, -0.25) is 0 Å². The van der Waals surface area contributed by atoms with E-state index in [9.17, 15) is 4.79 Å². The van der Waals surface area contributed by atoms with Gasteiger partial charge in [0.15, 0.2) is 5.79 Å². The van der Waals surface area contributed by atoms with Crippen LogP contribution in [0.3, 0.4) is 0 Å². The number of allylic oxidation sites excluding steroid dienone is 3. The zero-order valence-electron chi connectivity index (χ0n) is 29.3. The van der Waals surface area contributed by atoms with Crippen molar-refractivity contribution >= 4 is 11.5 Å². The number of nitrogens with two attached hydrogens (primary N) is 1. The van der Waals surface area contributed by atoms with Gasteiger partial charge in [0.05, 0.1) is 24.9 Å². The van der Waals surface area contributed by atoms with Gasteiger partial charge in [-0.1, -0.05) is 65.0 Å². The molecule has 1 saturated heterocycles. The molecule has 4 saturated carbocycles. The summed E-state index contributed by atoms with van der Waals surface area (Å²) < 4.78 is 19.4. The molecule has 0 amide bonds. The predicted octanol–water partition coefficient (Wildman–Crippen LogP) is 8.58. The topological polar surface area (TPSA) is 70.8 Å². The van der Waals surface area contributed by atoms with Crippen LogP contribution in [0.25, 0.3) is 5.57 Å². The molecule has 0 unspecified atom stereocenters. The number of carbonyl (C=O) groups excluding carboxylic acids is 1. The summed E-state index contributed by atoms with van der Waals surface area (Å²) in [6, 6.07) is 8.02. The Kier molecular flexibility index (Phi) is 6.89. The van der Waals surface area contributed by atoms with Gasteiger partial charge in [0.2, 0.25) is 0 Å². The van der Waals surface area contributed by atoms with Crippen LogP contribution in [0, 0.1) is 51.2 Å². The molecule has 5 nitrogen and oxygen atoms in total. The van der Waals surface area contributed by atoms with Crippen LogP contribution in [-0.2, 0) is 14.2 Å². The van der Waals surface area contributed by atoms with Gasteiger partial charge in [-0.15, -0.1) is 0 Å². The Bertz CT molecular complexity index is 1440. The van der Waals surface area contributed by atoms with Crippen molar-refractivity contribution in [1.82, 2.24) is 0 Å². The van der Waals surface area contributed by atoms with Crippen molar-refractivity contribution < 1.29 is 19.0 Å². The third kappa shape index (κ3) is 4.05. The molecule has 0 radical (unpaired) electrons. The number of carbonyl (C=O) groups is 1. The molecule has 0 spiro atoms. The van der Waals surface area contributed by atoms with E-state index in [1.807, 2.05) is 12.1 Å². The lowest BCUT2D eigenvalue weighted by molar-refractivity contribution is -0.274. The van der Waals surface area contributed by atoms with Crippen molar-refractivity contribution in [1.29, 1.82) is 0 Å². The van der Waals surface area contributed by atoms with Crippen LogP contribution in [-0.4, -0.2) is 36.6 Å². The number of rotatable bonds is 3. The highest BCUT2D eigenvalue weighted by Gasteiger charge is 2.77. The molecule has 5 fully saturated rings. The predicted molar refractivity (Wildman–Crippen MR) is 179 cm³/mol. The first-order chi connectivity index (χ1) is 20.9. The molecule has 5 heteroatoms. The SMILES string of the molecule is C=C(C)[C@@H]1CC[C@]2(N)C[C@@H]3OC(C)(C)O[C@H]4C[C@H]5C(C)(C)C(c6ccc(C(=O)OC)cc6)=CC[C@]5(C)[C@H]5CC[C@H]([C@@H]12)[C@]3(C)[C@]45C. The summed E-state index contributed by atoms with van der Waals surface area (Å²) in [4.78, 5) is 12.2. The van der Waals surface area contributed by atoms with E-state index in [1.165, 1.54) is 36.7 Å². The second-order valence-electron chi connectivity index (χ2n) is 17.8. The Labute approximate surface area is 271 Å². The lowest BCUT2D eigenvalue weighted by Gasteiger charge is -2.74. The molecule has 246 valence electrons. The number of fused-ring (bicyclic) bond motifs is 4. The maximum absolute atomic E-state index is 12.2. The fourth-order valence-corrected chi connectivity index (χ4v) is 13.2. The molecule has 1 aromatic rings. The summed E-state index contributed by atoms with van der Waals surface area (Å²) in [5, 5.41) is 0. The minimum absolute atomic E-state index is 0.0489. The summed E-state index contributed by atoms with van der Waals surface area (Å²) in [7, 11) is 1.44. The first kappa shape index (κ1) is 31.6. The molecule has 1 aliphatic heterocycles. The second kappa shape index (κ2) is 9.80. The average Bonchev–Trinajstić information content (AvgIpc) is 3.28. The Morgan fingerprint density at radius 3 is 2.24 bits per heavy atom. The van der Waals surface area contributed by atoms with Crippen molar-refractivity contribution in [3.63, 3.8) is 0 Å². The lowest BCUT2D eigenvalue weighted by Crippen LogP contribution is -2.74. The van der Waals surface area contributed by atoms with E-state index in [4.69, 9.17) is 19.9 Å². The van der Waals surface area contributed by atoms with Crippen molar-refractivity contribution in [2.24, 2.45) is 57.0 Å². The Morgan fingerprint density at radius 1 is 0.933 bits per heavy atom. The number of hydrogen-bond acceptors (Lipinski definition) is 5. The maximum atomic E-state index is 12.2. The molecule has 2 N–H and O–H groups in total. The van der Waals surface area contributed by atoms with E-state index in [2.05, 4.69) is 80.2 Å². The molecular weight excluding hydrogens is 558 g/mol. The summed E-state index contributed by atoms with van der Waals surface area (Å²) in [5.41, 5.74) is 11.7. The van der Waals surface area contributed by atoms with E-state index in [0.29, 0.717) is 35.2 Å². The summed E-state index contributed by atoms with van der Waals surface area (Å²) in [6.07, 6.45) is 10.3. The first-order valence-corrected chi connectivity index (χ1v) is 17.6. The van der Waals surface area contributed by atoms with Gasteiger partial charge in [-0.25, -0.2) is 4.79 Å². The average molecular weight is 616 g/mol. The summed E-state index contributed by atoms with van der Waals surface area (Å²) in [6.45, 7) is 23.7. The fourth-order valence-electron chi connectivity index (χ4n) is 13.2. The van der Waals surface area contributed by atoms with Crippen LogP contribution >= 0.6 is 0 Å². The molecule has 0 bridgehead atoms. The van der Waals surface area contributed by atoms with Crippen LogP contribution < -0.4 is 5.73 Å². The summed E-state index contributed by atoms with van der Waals surface area (Å²) in [5.74, 6) is 1.40. The molecule has 1 heterocycles. The minimum Gasteiger partial charge on any atom is -0.465 e. The zero-order valence-corrected chi connectivity index (χ0v) is 29.3. The zero-order chi connectivity index (χ0) is 32.5. The van der Waals surface area contributed by atoms with Crippen LogP contribution in [0.1, 0.15) is 116 Å². The fraction of sp³-hybridized carbons (Fsp3) is 0.725. The van der Waals surface area contributed by atoms with Gasteiger partial charge >= 0.3 is 5.97 Å². The molecule has 11 atom stereocenters. The van der Waals surface area contributed by atoms with Gasteiger partial charge in [0, 0.05) is 16.4 Å². The van der Waals surface area contributed by atoms with Crippen molar-refractivity contribution in [3.8, 4) is 0 Å². The third-order valence-corrected chi connectivity index (χ3v) is 15.2. The van der Waals surface area contributed by atoms with Gasteiger partial charge in [0.1, 0.15) is 0 Å². The number of methoxy groups -OCH3 is 1. The number of ether oxygens (including phenoxy) is 3. The second-order valence-corrected chi connectivity index (χ2v) is 17.8. The normalized spacial score (nSPS) is 47.3. The highest BCUT2D eigenvalue weighted by molar-refractivity contribution is 5.89. The van der Waals surface area contributed by atoms with Gasteiger partial charge in [0.25, 0.3) is 0 Å². The third-order valence-electron chi connectivity index (χ3n) is 15.2. The van der Waals surface area contributed by atoms with Gasteiger partial charge in [-0.05, 0) is 129 Å². The van der Waals surface area contributed by atoms with E-state index in [1.54, 1.807) is 0 Å². The van der Waals surface area contributed by atoms with Gasteiger partial charge in [-0.2, -0.15) is 0 Å². The minimum atomic E-state index is -0.682. The molecule has 7 rings (SSSR count). The van der Waals surface area contributed by atoms with Gasteiger partial charge < -0.3 is 19.9 Å². The monoisotopic (exact) mass is 615 g/mol. The van der Waals surface area contributed by atoms with Crippen LogP contribution in [0.4, 0.5) is 0 Å². The first-order valence-electron chi connectivity index (χ1n) is 17.6. The highest BCUT2D eigenvalue weighted by atomic mass is 16.7. The highest BCUT2D eigenvalue weighted by Crippen LogP contribution is 2.78. The van der Waals surface area contributed by atoms with Crippen molar-refractivity contribution in [2.45, 2.75) is 124 Å². The molecular formula is C40H57NO4. The van der Waals surface area contributed by atoms with Crippen molar-refractivity contribution in [3.05, 3.63) is 53.6 Å². The number of benzene rings is 1. The van der Waals surface area contributed by atoms with E-state index in [-0.39, 0.29) is 45.4 Å². The lowest BCUT2D eigenvalue weighted by atomic mass is 9.31. The quantitative estimate of drug-likeness (QED) is 0.272. The van der Waals surface area contributed by atoms with E-state index < -0.39 is 5.79 Å². The Hall–Kier alpha value is -1.95. The smallest absolute Gasteiger partial charge is 0.337 e. The van der Waals surface area contributed by atoms with E-state index >= 15 is 0 Å². The molecule has 0 aromatic heterocycles. The largest absolute Gasteiger partial charge is 0.465 e.